The van der Waals surface area contributed by atoms with Crippen LogP contribution in [0.1, 0.15) is 71.7 Å². The van der Waals surface area contributed by atoms with Gasteiger partial charge in [-0.2, -0.15) is 14.6 Å². The Morgan fingerprint density at radius 1 is 1.00 bits per heavy atom. The van der Waals surface area contributed by atoms with Crippen molar-refractivity contribution in [3.05, 3.63) is 83.9 Å². The van der Waals surface area contributed by atoms with Crippen LogP contribution in [0.15, 0.2) is 61.3 Å². The predicted molar refractivity (Wildman–Crippen MR) is 179 cm³/mol. The van der Waals surface area contributed by atoms with E-state index in [1.807, 2.05) is 52.0 Å². The molecule has 244 valence electrons. The van der Waals surface area contributed by atoms with Crippen molar-refractivity contribution in [3.63, 3.8) is 0 Å². The molecule has 1 amide bonds. The average Bonchev–Trinajstić information content (AvgIpc) is 3.55. The maximum atomic E-state index is 14.4. The fraction of sp³-hybridized carbons (Fsp3) is 0.361. The van der Waals surface area contributed by atoms with Crippen molar-refractivity contribution >= 4 is 40.3 Å². The molecule has 0 N–H and O–H groups in total. The summed E-state index contributed by atoms with van der Waals surface area (Å²) in [5.41, 5.74) is 3.29. The topological polar surface area (TPSA) is 104 Å². The summed E-state index contributed by atoms with van der Waals surface area (Å²) >= 11 is 0. The van der Waals surface area contributed by atoms with Gasteiger partial charge < -0.3 is 9.47 Å². The van der Waals surface area contributed by atoms with E-state index in [0.717, 1.165) is 27.7 Å². The van der Waals surface area contributed by atoms with E-state index in [1.165, 1.54) is 21.5 Å². The molecule has 0 fully saturated rings. The second kappa shape index (κ2) is 11.6. The van der Waals surface area contributed by atoms with Crippen LogP contribution in [0.4, 0.5) is 19.9 Å². The molecule has 0 radical (unpaired) electrons. The second-order valence-corrected chi connectivity index (χ2v) is 13.9. The quantitative estimate of drug-likeness (QED) is 0.196. The molecular weight excluding hydrogens is 599 g/mol. The van der Waals surface area contributed by atoms with Gasteiger partial charge in [-0.1, -0.05) is 36.9 Å². The Morgan fingerprint density at radius 3 is 2.40 bits per heavy atom. The first kappa shape index (κ1) is 31.9. The summed E-state index contributed by atoms with van der Waals surface area (Å²) < 4.78 is 29.3. The van der Waals surface area contributed by atoms with Gasteiger partial charge in [0.15, 0.2) is 11.5 Å². The van der Waals surface area contributed by atoms with Gasteiger partial charge in [0.2, 0.25) is 5.95 Å². The lowest BCUT2D eigenvalue weighted by atomic mass is 9.90. The van der Waals surface area contributed by atoms with Crippen LogP contribution < -0.4 is 4.90 Å². The Hall–Kier alpha value is -5.06. The van der Waals surface area contributed by atoms with E-state index < -0.39 is 35.2 Å². The maximum Gasteiger partial charge on any atom is 0.419 e. The maximum absolute atomic E-state index is 14.4. The van der Waals surface area contributed by atoms with Crippen molar-refractivity contribution < 1.29 is 23.5 Å². The molecule has 11 heteroatoms. The minimum Gasteiger partial charge on any atom is -0.443 e. The molecule has 47 heavy (non-hydrogen) atoms. The van der Waals surface area contributed by atoms with Crippen molar-refractivity contribution in [2.45, 2.75) is 85.0 Å². The van der Waals surface area contributed by atoms with E-state index in [0.29, 0.717) is 36.0 Å². The number of carbonyl (C=O) groups is 2. The first-order chi connectivity index (χ1) is 22.1. The van der Waals surface area contributed by atoms with Crippen molar-refractivity contribution in [1.29, 1.82) is 0 Å². The predicted octanol–water partition coefficient (Wildman–Crippen LogP) is 8.00. The minimum absolute atomic E-state index is 0.181. The summed E-state index contributed by atoms with van der Waals surface area (Å²) in [7, 11) is 0. The lowest BCUT2D eigenvalue weighted by Gasteiger charge is -2.35. The van der Waals surface area contributed by atoms with Crippen molar-refractivity contribution in [2.75, 3.05) is 4.90 Å². The van der Waals surface area contributed by atoms with Gasteiger partial charge in [0.1, 0.15) is 17.0 Å². The molecule has 1 aliphatic carbocycles. The zero-order valence-corrected chi connectivity index (χ0v) is 27.8. The van der Waals surface area contributed by atoms with Gasteiger partial charge in [0, 0.05) is 28.2 Å². The van der Waals surface area contributed by atoms with E-state index >= 15 is 0 Å². The molecule has 1 unspecified atom stereocenters. The van der Waals surface area contributed by atoms with E-state index in [-0.39, 0.29) is 11.8 Å². The number of aromatic nitrogens is 5. The van der Waals surface area contributed by atoms with E-state index in [9.17, 15) is 14.0 Å². The largest absolute Gasteiger partial charge is 0.443 e. The van der Waals surface area contributed by atoms with Gasteiger partial charge >= 0.3 is 12.2 Å². The lowest BCUT2D eigenvalue weighted by Crippen LogP contribution is -2.47. The van der Waals surface area contributed by atoms with Gasteiger partial charge in [-0.15, -0.1) is 0 Å². The molecule has 0 spiro atoms. The Labute approximate surface area is 272 Å². The third kappa shape index (κ3) is 6.22. The van der Waals surface area contributed by atoms with E-state index in [1.54, 1.807) is 43.7 Å². The lowest BCUT2D eigenvalue weighted by molar-refractivity contribution is 0.0527. The fourth-order valence-corrected chi connectivity index (χ4v) is 6.01. The van der Waals surface area contributed by atoms with Gasteiger partial charge in [-0.25, -0.2) is 28.4 Å². The van der Waals surface area contributed by atoms with Gasteiger partial charge in [0.05, 0.1) is 11.7 Å². The van der Waals surface area contributed by atoms with E-state index in [2.05, 4.69) is 11.7 Å². The fourth-order valence-electron chi connectivity index (χ4n) is 6.01. The molecular formula is C36H39FN6O4. The van der Waals surface area contributed by atoms with Gasteiger partial charge in [-0.3, -0.25) is 0 Å². The number of rotatable bonds is 4. The number of allylic oxidation sites excluding steroid dienone is 1. The zero-order chi connectivity index (χ0) is 33.8. The molecule has 0 saturated carbocycles. The van der Waals surface area contributed by atoms with Crippen molar-refractivity contribution in [3.8, 4) is 11.4 Å². The second-order valence-electron chi connectivity index (χ2n) is 13.9. The third-order valence-corrected chi connectivity index (χ3v) is 7.88. The molecule has 1 atom stereocenters. The van der Waals surface area contributed by atoms with Crippen molar-refractivity contribution in [1.82, 2.24) is 24.1 Å². The molecule has 5 aromatic rings. The van der Waals surface area contributed by atoms with Crippen LogP contribution in [0.2, 0.25) is 0 Å². The average molecular weight is 639 g/mol. The highest BCUT2D eigenvalue weighted by Crippen LogP contribution is 2.37. The summed E-state index contributed by atoms with van der Waals surface area (Å²) in [6, 6.07) is 13.3. The number of halogens is 1. The van der Waals surface area contributed by atoms with Crippen LogP contribution in [0, 0.1) is 5.82 Å². The highest BCUT2D eigenvalue weighted by molar-refractivity contribution is 5.95. The molecule has 0 aliphatic heterocycles. The van der Waals surface area contributed by atoms with Crippen LogP contribution in [-0.2, 0) is 22.3 Å². The summed E-state index contributed by atoms with van der Waals surface area (Å²) in [6.07, 6.45) is 1.94. The third-order valence-electron chi connectivity index (χ3n) is 7.88. The number of amides is 1. The van der Waals surface area contributed by atoms with Crippen LogP contribution >= 0.6 is 0 Å². The highest BCUT2D eigenvalue weighted by Gasteiger charge is 2.38. The number of hydrogen-bond donors (Lipinski definition) is 0. The van der Waals surface area contributed by atoms with Crippen molar-refractivity contribution in [2.24, 2.45) is 0 Å². The molecule has 6 rings (SSSR count). The molecule has 10 nitrogen and oxygen atoms in total. The summed E-state index contributed by atoms with van der Waals surface area (Å²) in [5, 5.41) is 5.49. The zero-order valence-electron chi connectivity index (χ0n) is 27.8. The number of fused-ring (bicyclic) bond motifs is 4. The number of benzene rings is 2. The molecule has 2 aromatic carbocycles. The minimum atomic E-state index is -0.813. The highest BCUT2D eigenvalue weighted by atomic mass is 19.1. The van der Waals surface area contributed by atoms with Crippen LogP contribution in [0.25, 0.3) is 33.5 Å². The number of nitrogens with zero attached hydrogens (tertiary/aromatic N) is 6. The standard InChI is InChI=1S/C36H39FN6O4/c1-21(2)27-20-38-43-31(27)39-30(22-12-11-13-23(37)18-22)40-32(43)41(33(44)46-35(3,4)5)24-16-17-29-26(19-24)25-14-9-10-15-28(25)42(29)34(45)47-36(6,7)8/h9-15,18,20,24H,1,16-17,19H2,2-8H3. The monoisotopic (exact) mass is 638 g/mol. The Bertz CT molecular complexity index is 2050. The first-order valence-corrected chi connectivity index (χ1v) is 15.7. The molecule has 3 heterocycles. The Balaban J connectivity index is 1.53. The first-order valence-electron chi connectivity index (χ1n) is 15.7. The SMILES string of the molecule is C=C(C)c1cnn2c(N(C(=O)OC(C)(C)C)C3CCc4c(c5ccccc5n4C(=O)OC(C)(C)C)C3)nc(-c3cccc(F)c3)nc12. The number of anilines is 1. The van der Waals surface area contributed by atoms with E-state index in [4.69, 9.17) is 19.4 Å². The van der Waals surface area contributed by atoms with Gasteiger partial charge in [-0.05, 0) is 97.1 Å². The number of ether oxygens (including phenoxy) is 2. The summed E-state index contributed by atoms with van der Waals surface area (Å²) in [6.45, 7) is 16.9. The van der Waals surface area contributed by atoms with Crippen LogP contribution in [0.5, 0.6) is 0 Å². The Morgan fingerprint density at radius 2 is 1.72 bits per heavy atom. The van der Waals surface area contributed by atoms with Crippen LogP contribution in [0.3, 0.4) is 0 Å². The smallest absolute Gasteiger partial charge is 0.419 e. The summed E-state index contributed by atoms with van der Waals surface area (Å²) in [5.74, 6) is -0.0340. The van der Waals surface area contributed by atoms with Gasteiger partial charge in [0.25, 0.3) is 0 Å². The normalized spacial score (nSPS) is 15.0. The molecule has 0 bridgehead atoms. The number of hydrogen-bond acceptors (Lipinski definition) is 7. The number of para-hydroxylation sites is 1. The summed E-state index contributed by atoms with van der Waals surface area (Å²) in [4.78, 5) is 38.9. The Kier molecular flexibility index (Phi) is 7.89. The van der Waals surface area contributed by atoms with Crippen LogP contribution in [-0.4, -0.2) is 53.6 Å². The molecule has 3 aromatic heterocycles. The molecule has 0 saturated heterocycles. The molecule has 1 aliphatic rings. The number of carbonyl (C=O) groups excluding carboxylic acids is 2.